The van der Waals surface area contributed by atoms with Gasteiger partial charge in [0.25, 0.3) is 0 Å². The van der Waals surface area contributed by atoms with E-state index in [1.165, 1.54) is 55.9 Å². The summed E-state index contributed by atoms with van der Waals surface area (Å²) in [7, 11) is 0. The lowest BCUT2D eigenvalue weighted by atomic mass is 9.88. The van der Waals surface area contributed by atoms with Gasteiger partial charge in [-0.3, -0.25) is 0 Å². The molecule has 0 saturated carbocycles. The number of benzene rings is 4. The first-order chi connectivity index (χ1) is 20.4. The molecule has 1 aliphatic carbocycles. The number of nitrogens with zero attached hydrogens (tertiary/aromatic N) is 1. The van der Waals surface area contributed by atoms with Gasteiger partial charge in [0.2, 0.25) is 0 Å². The van der Waals surface area contributed by atoms with Gasteiger partial charge in [-0.25, -0.2) is 0 Å². The van der Waals surface area contributed by atoms with Gasteiger partial charge >= 0.3 is 0 Å². The molecule has 1 nitrogen and oxygen atoms in total. The van der Waals surface area contributed by atoms with E-state index in [0.29, 0.717) is 0 Å². The minimum atomic E-state index is 1.11. The summed E-state index contributed by atoms with van der Waals surface area (Å²) in [6, 6.07) is 31.2. The molecule has 0 bridgehead atoms. The maximum absolute atomic E-state index is 4.03. The van der Waals surface area contributed by atoms with Gasteiger partial charge in [0.1, 0.15) is 0 Å². The summed E-state index contributed by atoms with van der Waals surface area (Å²) in [5.41, 5.74) is 16.1. The van der Waals surface area contributed by atoms with E-state index < -0.39 is 0 Å². The Hall–Kier alpha value is -4.62. The molecular formula is C41H41N. The molecule has 0 N–H and O–H groups in total. The maximum atomic E-state index is 4.03. The summed E-state index contributed by atoms with van der Waals surface area (Å²) in [4.78, 5) is 2.40. The Kier molecular flexibility index (Phi) is 8.88. The summed E-state index contributed by atoms with van der Waals surface area (Å²) in [6.07, 6.45) is 15.0. The van der Waals surface area contributed by atoms with Crippen molar-refractivity contribution < 1.29 is 0 Å². The van der Waals surface area contributed by atoms with Crippen molar-refractivity contribution in [3.05, 3.63) is 161 Å². The zero-order valence-electron chi connectivity index (χ0n) is 25.6. The van der Waals surface area contributed by atoms with E-state index in [2.05, 4.69) is 148 Å². The molecule has 1 aliphatic rings. The van der Waals surface area contributed by atoms with E-state index in [4.69, 9.17) is 0 Å². The maximum Gasteiger partial charge on any atom is 0.0497 e. The van der Waals surface area contributed by atoms with Gasteiger partial charge in [0.05, 0.1) is 0 Å². The number of hydrogen-bond donors (Lipinski definition) is 0. The molecule has 4 aromatic rings. The van der Waals surface area contributed by atoms with Crippen molar-refractivity contribution in [1.82, 2.24) is 0 Å². The van der Waals surface area contributed by atoms with Crippen molar-refractivity contribution in [1.29, 1.82) is 0 Å². The molecule has 4 aromatic carbocycles. The van der Waals surface area contributed by atoms with Gasteiger partial charge < -0.3 is 4.90 Å². The third-order valence-corrected chi connectivity index (χ3v) is 8.24. The van der Waals surface area contributed by atoms with E-state index in [1.807, 2.05) is 19.1 Å². The lowest BCUT2D eigenvalue weighted by Crippen LogP contribution is -2.13. The van der Waals surface area contributed by atoms with Crippen LogP contribution < -0.4 is 4.90 Å². The van der Waals surface area contributed by atoms with Gasteiger partial charge in [-0.15, -0.1) is 0 Å². The van der Waals surface area contributed by atoms with Crippen LogP contribution >= 0.6 is 0 Å². The predicted octanol–water partition coefficient (Wildman–Crippen LogP) is 12.0. The monoisotopic (exact) mass is 547 g/mol. The van der Waals surface area contributed by atoms with Gasteiger partial charge in [-0.05, 0) is 128 Å². The van der Waals surface area contributed by atoms with Gasteiger partial charge in [-0.2, -0.15) is 0 Å². The summed E-state index contributed by atoms with van der Waals surface area (Å²) in [5.74, 6) is 0. The van der Waals surface area contributed by atoms with Crippen LogP contribution in [0.15, 0.2) is 134 Å². The Morgan fingerprint density at radius 1 is 0.762 bits per heavy atom. The quantitative estimate of drug-likeness (QED) is 0.198. The van der Waals surface area contributed by atoms with Crippen LogP contribution in [0.25, 0.3) is 22.3 Å². The topological polar surface area (TPSA) is 3.24 Å². The molecule has 5 rings (SSSR count). The second kappa shape index (κ2) is 12.9. The van der Waals surface area contributed by atoms with E-state index >= 15 is 0 Å². The van der Waals surface area contributed by atoms with Crippen LogP contribution in [0.1, 0.15) is 54.5 Å². The fourth-order valence-corrected chi connectivity index (χ4v) is 5.73. The lowest BCUT2D eigenvalue weighted by molar-refractivity contribution is 0.967. The van der Waals surface area contributed by atoms with Crippen molar-refractivity contribution >= 4 is 28.2 Å². The lowest BCUT2D eigenvalue weighted by Gasteiger charge is -2.29. The van der Waals surface area contributed by atoms with Crippen LogP contribution in [0, 0.1) is 20.8 Å². The number of para-hydroxylation sites is 1. The van der Waals surface area contributed by atoms with E-state index in [-0.39, 0.29) is 0 Å². The average Bonchev–Trinajstić information content (AvgIpc) is 3.01. The van der Waals surface area contributed by atoms with E-state index in [0.717, 1.165) is 29.7 Å². The van der Waals surface area contributed by atoms with Gasteiger partial charge in [0, 0.05) is 17.1 Å². The number of allylic oxidation sites excluding steroid dienone is 9. The van der Waals surface area contributed by atoms with Crippen molar-refractivity contribution in [2.24, 2.45) is 0 Å². The van der Waals surface area contributed by atoms with E-state index in [1.54, 1.807) is 0 Å². The molecule has 1 heteroatoms. The number of rotatable bonds is 8. The first kappa shape index (κ1) is 28.9. The molecule has 0 spiro atoms. The minimum Gasteiger partial charge on any atom is -0.310 e. The Labute approximate surface area is 252 Å². The minimum absolute atomic E-state index is 1.11. The number of anilines is 3. The highest BCUT2D eigenvalue weighted by Crippen LogP contribution is 2.41. The van der Waals surface area contributed by atoms with E-state index in [9.17, 15) is 0 Å². The highest BCUT2D eigenvalue weighted by Gasteiger charge is 2.18. The molecule has 0 saturated heterocycles. The van der Waals surface area contributed by atoms with Crippen molar-refractivity contribution in [2.75, 3.05) is 4.90 Å². The Morgan fingerprint density at radius 2 is 1.45 bits per heavy atom. The molecule has 0 atom stereocenters. The number of hydrogen-bond acceptors (Lipinski definition) is 1. The van der Waals surface area contributed by atoms with Crippen LogP contribution in [0.4, 0.5) is 17.1 Å². The highest BCUT2D eigenvalue weighted by atomic mass is 15.1. The molecule has 0 aromatic heterocycles. The summed E-state index contributed by atoms with van der Waals surface area (Å²) < 4.78 is 0. The molecule has 0 heterocycles. The zero-order chi connectivity index (χ0) is 29.6. The first-order valence-electron chi connectivity index (χ1n) is 14.9. The van der Waals surface area contributed by atoms with Crippen molar-refractivity contribution in [3.8, 4) is 11.1 Å². The molecule has 210 valence electrons. The Morgan fingerprint density at radius 3 is 2.14 bits per heavy atom. The molecule has 0 aliphatic heterocycles. The largest absolute Gasteiger partial charge is 0.310 e. The molecule has 0 radical (unpaired) electrons. The SMILES string of the molecule is C=C/C(=C\C=C/C)c1ccc(N(c2ccccc2C)c2cc(-c3ccc(C)c(C4=C(C)CCC=C4)c3)ccc2C)cc1. The molecule has 0 amide bonds. The standard InChI is InChI=1S/C41H41N/c1-7-9-16-33(8-2)34-23-25-37(26-24-34)42(40-18-13-11-15-31(40)5)41-28-36(22-20-32(41)6)35-21-19-30(4)39(27-35)38-17-12-10-14-29(38)3/h7-9,11-13,15-28H,2,10,14H2,1,3-6H3/b9-7-,33-16+. The fraction of sp³-hybridized carbons (Fsp3) is 0.171. The summed E-state index contributed by atoms with van der Waals surface area (Å²) in [6.45, 7) is 14.9. The smallest absolute Gasteiger partial charge is 0.0497 e. The molecule has 0 unspecified atom stereocenters. The summed E-state index contributed by atoms with van der Waals surface area (Å²) in [5, 5.41) is 0. The number of aryl methyl sites for hydroxylation is 3. The van der Waals surface area contributed by atoms with Crippen LogP contribution in [0.2, 0.25) is 0 Å². The van der Waals surface area contributed by atoms with Crippen molar-refractivity contribution in [3.63, 3.8) is 0 Å². The molecule has 0 fully saturated rings. The van der Waals surface area contributed by atoms with Crippen LogP contribution in [0.3, 0.4) is 0 Å². The second-order valence-corrected chi connectivity index (χ2v) is 11.2. The second-order valence-electron chi connectivity index (χ2n) is 11.2. The van der Waals surface area contributed by atoms with Gasteiger partial charge in [-0.1, -0.05) is 103 Å². The third kappa shape index (κ3) is 6.02. The van der Waals surface area contributed by atoms with Gasteiger partial charge in [0.15, 0.2) is 0 Å². The average molecular weight is 548 g/mol. The summed E-state index contributed by atoms with van der Waals surface area (Å²) >= 11 is 0. The van der Waals surface area contributed by atoms with Crippen molar-refractivity contribution in [2.45, 2.75) is 47.5 Å². The molecule has 42 heavy (non-hydrogen) atoms. The Balaban J connectivity index is 1.63. The van der Waals surface area contributed by atoms with Crippen LogP contribution in [-0.2, 0) is 0 Å². The van der Waals surface area contributed by atoms with Crippen LogP contribution in [0.5, 0.6) is 0 Å². The fourth-order valence-electron chi connectivity index (χ4n) is 5.73. The first-order valence-corrected chi connectivity index (χ1v) is 14.9. The van der Waals surface area contributed by atoms with Crippen LogP contribution in [-0.4, -0.2) is 0 Å². The predicted molar refractivity (Wildman–Crippen MR) is 185 cm³/mol. The normalized spacial score (nSPS) is 13.6. The highest BCUT2D eigenvalue weighted by molar-refractivity contribution is 5.86. The third-order valence-electron chi connectivity index (χ3n) is 8.24. The molecular weight excluding hydrogens is 506 g/mol. The Bertz CT molecular complexity index is 1720. The zero-order valence-corrected chi connectivity index (χ0v) is 25.6.